The summed E-state index contributed by atoms with van der Waals surface area (Å²) < 4.78 is 20.3. The number of hydrogen-bond donors (Lipinski definition) is 0. The minimum Gasteiger partial charge on any atom is -0.339 e. The van der Waals surface area contributed by atoms with E-state index in [1.807, 2.05) is 42.2 Å². The molecule has 0 spiro atoms. The molecule has 39 heavy (non-hydrogen) atoms. The van der Waals surface area contributed by atoms with E-state index in [-0.39, 0.29) is 16.7 Å². The number of fused-ring (bicyclic) bond motifs is 3. The van der Waals surface area contributed by atoms with Gasteiger partial charge >= 0.3 is 0 Å². The van der Waals surface area contributed by atoms with Crippen LogP contribution in [0.3, 0.4) is 0 Å². The van der Waals surface area contributed by atoms with Crippen molar-refractivity contribution in [3.8, 4) is 11.4 Å². The number of aromatic nitrogens is 4. The Kier molecular flexibility index (Phi) is 4.83. The molecule has 3 aromatic rings. The van der Waals surface area contributed by atoms with E-state index in [1.165, 1.54) is 12.8 Å². The number of rotatable bonds is 7. The van der Waals surface area contributed by atoms with Crippen molar-refractivity contribution in [3.05, 3.63) is 53.9 Å². The Morgan fingerprint density at radius 2 is 1.79 bits per heavy atom. The minimum atomic E-state index is -1.12. The smallest absolute Gasteiger partial charge is 0.233 e. The van der Waals surface area contributed by atoms with Crippen molar-refractivity contribution in [2.75, 3.05) is 11.4 Å². The summed E-state index contributed by atoms with van der Waals surface area (Å²) in [6.45, 7) is 2.62. The van der Waals surface area contributed by atoms with Gasteiger partial charge in [0.2, 0.25) is 11.8 Å². The normalized spacial score (nSPS) is 34.3. The fourth-order valence-electron chi connectivity index (χ4n) is 7.97. The van der Waals surface area contributed by atoms with Gasteiger partial charge in [-0.05, 0) is 101 Å². The third kappa shape index (κ3) is 3.70. The Labute approximate surface area is 227 Å². The summed E-state index contributed by atoms with van der Waals surface area (Å²) in [5.41, 5.74) is 1.03. The van der Waals surface area contributed by atoms with Crippen LogP contribution in [0.15, 0.2) is 41.1 Å². The zero-order valence-electron chi connectivity index (χ0n) is 22.5. The Bertz CT molecular complexity index is 1430. The molecular formula is C31H34FN5O2. The van der Waals surface area contributed by atoms with E-state index in [1.54, 1.807) is 6.20 Å². The quantitative estimate of drug-likeness (QED) is 0.362. The number of amides is 1. The lowest BCUT2D eigenvalue weighted by Crippen LogP contribution is -2.71. The first-order valence-corrected chi connectivity index (χ1v) is 14.5. The largest absolute Gasteiger partial charge is 0.339 e. The predicted octanol–water partition coefficient (Wildman–Crippen LogP) is 6.23. The molecule has 4 bridgehead atoms. The summed E-state index contributed by atoms with van der Waals surface area (Å²) in [5.74, 6) is 2.96. The summed E-state index contributed by atoms with van der Waals surface area (Å²) in [6, 6.07) is 9.90. The van der Waals surface area contributed by atoms with Crippen LogP contribution >= 0.6 is 0 Å². The molecule has 1 amide bonds. The third-order valence-corrected chi connectivity index (χ3v) is 10.6. The van der Waals surface area contributed by atoms with Crippen LogP contribution in [0.25, 0.3) is 11.4 Å². The maximum atomic E-state index is 14.5. The van der Waals surface area contributed by atoms with E-state index < -0.39 is 11.1 Å². The van der Waals surface area contributed by atoms with Crippen LogP contribution in [-0.2, 0) is 10.2 Å². The molecule has 8 heteroatoms. The summed E-state index contributed by atoms with van der Waals surface area (Å²) in [5, 5.41) is 4.30. The average Bonchev–Trinajstić information content (AvgIpc) is 3.66. The highest BCUT2D eigenvalue weighted by Crippen LogP contribution is 2.70. The number of alkyl halides is 1. The summed E-state index contributed by atoms with van der Waals surface area (Å²) in [7, 11) is 0. The van der Waals surface area contributed by atoms with Crippen LogP contribution in [0, 0.1) is 17.8 Å². The highest BCUT2D eigenvalue weighted by molar-refractivity contribution is 6.00. The maximum absolute atomic E-state index is 14.5. The molecule has 7 aliphatic rings. The van der Waals surface area contributed by atoms with Gasteiger partial charge in [-0.3, -0.25) is 4.79 Å². The standard InChI is InChI=1S/C31H34FN5O2/c1-20-7-14-33-24(34-20)22-3-2-4-23(15-22)37(27(38)30-16-31(32,17-30)18-30)19-28-8-11-29(12-9-28,13-10-28)26-35-25(36-39-26)21-5-6-21/h2-4,7,14-15,21H,5-6,8-13,16-19H2,1H3. The van der Waals surface area contributed by atoms with Crippen molar-refractivity contribution in [2.24, 2.45) is 10.8 Å². The number of anilines is 1. The van der Waals surface area contributed by atoms with E-state index in [4.69, 9.17) is 9.51 Å². The van der Waals surface area contributed by atoms with Gasteiger partial charge in [-0.25, -0.2) is 14.4 Å². The second-order valence-electron chi connectivity index (χ2n) is 13.4. The lowest BCUT2D eigenvalue weighted by atomic mass is 9.41. The van der Waals surface area contributed by atoms with Gasteiger partial charge in [0.15, 0.2) is 11.6 Å². The van der Waals surface area contributed by atoms with Crippen LogP contribution in [0.4, 0.5) is 10.1 Å². The molecule has 2 heterocycles. The zero-order valence-corrected chi connectivity index (χ0v) is 22.5. The fraction of sp³-hybridized carbons (Fsp3) is 0.581. The third-order valence-electron chi connectivity index (χ3n) is 10.6. The van der Waals surface area contributed by atoms with Gasteiger partial charge in [0.25, 0.3) is 0 Å². The van der Waals surface area contributed by atoms with E-state index in [0.29, 0.717) is 37.5 Å². The first kappa shape index (κ1) is 23.7. The monoisotopic (exact) mass is 527 g/mol. The van der Waals surface area contributed by atoms with Gasteiger partial charge in [0, 0.05) is 41.0 Å². The minimum absolute atomic E-state index is 0.0202. The Morgan fingerprint density at radius 3 is 2.46 bits per heavy atom. The van der Waals surface area contributed by atoms with Crippen LogP contribution in [0.1, 0.15) is 94.0 Å². The van der Waals surface area contributed by atoms with Crippen molar-refractivity contribution in [1.82, 2.24) is 20.1 Å². The van der Waals surface area contributed by atoms with Crippen LogP contribution < -0.4 is 4.90 Å². The fourth-order valence-corrected chi connectivity index (χ4v) is 7.97. The molecule has 2 aromatic heterocycles. The van der Waals surface area contributed by atoms with Gasteiger partial charge in [0.05, 0.1) is 5.41 Å². The van der Waals surface area contributed by atoms with E-state index in [9.17, 15) is 9.18 Å². The van der Waals surface area contributed by atoms with E-state index in [2.05, 4.69) is 15.1 Å². The van der Waals surface area contributed by atoms with Crippen molar-refractivity contribution in [3.63, 3.8) is 0 Å². The molecule has 0 N–H and O–H groups in total. The van der Waals surface area contributed by atoms with Crippen molar-refractivity contribution in [1.29, 1.82) is 0 Å². The molecular weight excluding hydrogens is 493 g/mol. The van der Waals surface area contributed by atoms with Crippen molar-refractivity contribution >= 4 is 11.6 Å². The topological polar surface area (TPSA) is 85.0 Å². The number of aryl methyl sites for hydroxylation is 1. The number of hydrogen-bond acceptors (Lipinski definition) is 6. The number of nitrogens with zero attached hydrogens (tertiary/aromatic N) is 5. The summed E-state index contributed by atoms with van der Waals surface area (Å²) in [6.07, 6.45) is 11.3. The highest BCUT2D eigenvalue weighted by atomic mass is 19.1. The Hall–Kier alpha value is -3.16. The number of carbonyl (C=O) groups is 1. The summed E-state index contributed by atoms with van der Waals surface area (Å²) in [4.78, 5) is 30.0. The van der Waals surface area contributed by atoms with Gasteiger partial charge in [-0.2, -0.15) is 4.98 Å². The molecule has 0 radical (unpaired) electrons. The molecule has 202 valence electrons. The zero-order chi connectivity index (χ0) is 26.5. The van der Waals surface area contributed by atoms with Gasteiger partial charge in [-0.1, -0.05) is 17.3 Å². The second-order valence-corrected chi connectivity index (χ2v) is 13.4. The van der Waals surface area contributed by atoms with E-state index in [0.717, 1.165) is 67.2 Å². The molecule has 7 saturated carbocycles. The average molecular weight is 528 g/mol. The number of carbonyl (C=O) groups excluding carboxylic acids is 1. The van der Waals surface area contributed by atoms with Gasteiger partial charge in [0.1, 0.15) is 5.67 Å². The molecule has 0 unspecified atom stereocenters. The van der Waals surface area contributed by atoms with Crippen LogP contribution in [-0.4, -0.2) is 38.2 Å². The first-order chi connectivity index (χ1) is 18.8. The molecule has 0 aliphatic heterocycles. The van der Waals surface area contributed by atoms with Crippen molar-refractivity contribution in [2.45, 2.75) is 94.6 Å². The molecule has 0 atom stereocenters. The van der Waals surface area contributed by atoms with Crippen LogP contribution in [0.5, 0.6) is 0 Å². The molecule has 7 nitrogen and oxygen atoms in total. The maximum Gasteiger partial charge on any atom is 0.233 e. The van der Waals surface area contributed by atoms with Crippen molar-refractivity contribution < 1.29 is 13.7 Å². The van der Waals surface area contributed by atoms with E-state index >= 15 is 0 Å². The molecule has 1 aromatic carbocycles. The lowest BCUT2D eigenvalue weighted by Gasteiger charge is -2.65. The number of halogens is 1. The van der Waals surface area contributed by atoms with Crippen LogP contribution in [0.2, 0.25) is 0 Å². The molecule has 7 aliphatic carbocycles. The molecule has 7 fully saturated rings. The molecule has 0 saturated heterocycles. The second kappa shape index (κ2) is 7.95. The predicted molar refractivity (Wildman–Crippen MR) is 143 cm³/mol. The highest BCUT2D eigenvalue weighted by Gasteiger charge is 2.73. The summed E-state index contributed by atoms with van der Waals surface area (Å²) >= 11 is 0. The SMILES string of the molecule is Cc1ccnc(-c2cccc(N(CC34CCC(c5nc(C6CC6)no5)(CC3)CC4)C(=O)C34CC(F)(C3)C4)c2)n1. The Balaban J connectivity index is 1.08. The Morgan fingerprint density at radius 1 is 1.05 bits per heavy atom. The number of benzene rings is 1. The van der Waals surface area contributed by atoms with Gasteiger partial charge in [-0.15, -0.1) is 0 Å². The first-order valence-electron chi connectivity index (χ1n) is 14.5. The lowest BCUT2D eigenvalue weighted by molar-refractivity contribution is -0.211. The van der Waals surface area contributed by atoms with Gasteiger partial charge < -0.3 is 9.42 Å². The molecule has 10 rings (SSSR count).